The quantitative estimate of drug-likeness (QED) is 0.646. The van der Waals surface area contributed by atoms with Gasteiger partial charge in [0.05, 0.1) is 12.1 Å². The van der Waals surface area contributed by atoms with E-state index in [0.717, 1.165) is 18.7 Å². The lowest BCUT2D eigenvalue weighted by Crippen LogP contribution is -2.20. The Morgan fingerprint density at radius 1 is 1.21 bits per heavy atom. The highest BCUT2D eigenvalue weighted by atomic mass is 35.5. The number of hydrogen-bond donors (Lipinski definition) is 1. The standard InChI is InChI=1S/C16H26ClNO/c1-4-6-7-8-9-15(18-5-2)13-10-11-16(19-3)14(17)12-13/h10-12,15,18H,4-9H2,1-3H3. The van der Waals surface area contributed by atoms with Gasteiger partial charge >= 0.3 is 0 Å². The van der Waals surface area contributed by atoms with Crippen molar-refractivity contribution in [3.05, 3.63) is 28.8 Å². The topological polar surface area (TPSA) is 21.3 Å². The Kier molecular flexibility index (Phi) is 7.92. The molecular formula is C16H26ClNO. The molecule has 3 heteroatoms. The monoisotopic (exact) mass is 283 g/mol. The molecule has 0 aliphatic carbocycles. The van der Waals surface area contributed by atoms with Crippen LogP contribution in [0.3, 0.4) is 0 Å². The maximum absolute atomic E-state index is 6.20. The first-order chi connectivity index (χ1) is 9.22. The fraction of sp³-hybridized carbons (Fsp3) is 0.625. The Morgan fingerprint density at radius 2 is 2.00 bits per heavy atom. The highest BCUT2D eigenvalue weighted by molar-refractivity contribution is 6.32. The second-order valence-corrected chi connectivity index (χ2v) is 5.26. The van der Waals surface area contributed by atoms with Crippen LogP contribution in [0.2, 0.25) is 5.02 Å². The lowest BCUT2D eigenvalue weighted by molar-refractivity contribution is 0.414. The number of methoxy groups -OCH3 is 1. The molecule has 0 aliphatic rings. The summed E-state index contributed by atoms with van der Waals surface area (Å²) in [5, 5.41) is 4.23. The Morgan fingerprint density at radius 3 is 2.58 bits per heavy atom. The Hall–Kier alpha value is -0.730. The molecule has 1 aromatic rings. The van der Waals surface area contributed by atoms with E-state index in [0.29, 0.717) is 11.1 Å². The molecule has 0 aliphatic heterocycles. The molecule has 0 saturated carbocycles. The van der Waals surface area contributed by atoms with E-state index in [1.165, 1.54) is 31.2 Å². The molecule has 0 aromatic heterocycles. The SMILES string of the molecule is CCCCCCC(NCC)c1ccc(OC)c(Cl)c1. The number of unbranched alkanes of at least 4 members (excludes halogenated alkanes) is 3. The lowest BCUT2D eigenvalue weighted by Gasteiger charge is -2.19. The van der Waals surface area contributed by atoms with Crippen LogP contribution in [0.25, 0.3) is 0 Å². The van der Waals surface area contributed by atoms with Crippen LogP contribution < -0.4 is 10.1 Å². The third-order valence-electron chi connectivity index (χ3n) is 3.38. The summed E-state index contributed by atoms with van der Waals surface area (Å²) in [5.74, 6) is 0.742. The van der Waals surface area contributed by atoms with Gasteiger partial charge in [-0.1, -0.05) is 57.2 Å². The van der Waals surface area contributed by atoms with E-state index in [2.05, 4.69) is 25.2 Å². The summed E-state index contributed by atoms with van der Waals surface area (Å²) in [4.78, 5) is 0. The molecule has 1 rings (SSSR count). The zero-order valence-electron chi connectivity index (χ0n) is 12.3. The van der Waals surface area contributed by atoms with E-state index in [1.807, 2.05) is 12.1 Å². The Labute approximate surface area is 122 Å². The number of ether oxygens (including phenoxy) is 1. The van der Waals surface area contributed by atoms with E-state index in [9.17, 15) is 0 Å². The summed E-state index contributed by atoms with van der Waals surface area (Å²) in [6.45, 7) is 5.36. The van der Waals surface area contributed by atoms with Gasteiger partial charge in [-0.2, -0.15) is 0 Å². The molecule has 0 amide bonds. The van der Waals surface area contributed by atoms with E-state index < -0.39 is 0 Å². The lowest BCUT2D eigenvalue weighted by atomic mass is 10.00. The second-order valence-electron chi connectivity index (χ2n) is 4.85. The van der Waals surface area contributed by atoms with Crippen LogP contribution in [0.15, 0.2) is 18.2 Å². The van der Waals surface area contributed by atoms with Gasteiger partial charge in [0.25, 0.3) is 0 Å². The van der Waals surface area contributed by atoms with Crippen molar-refractivity contribution in [3.8, 4) is 5.75 Å². The van der Waals surface area contributed by atoms with Gasteiger partial charge in [-0.25, -0.2) is 0 Å². The molecular weight excluding hydrogens is 258 g/mol. The molecule has 0 spiro atoms. The summed E-state index contributed by atoms with van der Waals surface area (Å²) in [5.41, 5.74) is 1.25. The molecule has 0 saturated heterocycles. The third-order valence-corrected chi connectivity index (χ3v) is 3.67. The zero-order valence-corrected chi connectivity index (χ0v) is 13.1. The fourth-order valence-corrected chi connectivity index (χ4v) is 2.57. The number of benzene rings is 1. The van der Waals surface area contributed by atoms with Crippen LogP contribution >= 0.6 is 11.6 Å². The van der Waals surface area contributed by atoms with E-state index in [1.54, 1.807) is 7.11 Å². The predicted molar refractivity (Wildman–Crippen MR) is 83.2 cm³/mol. The van der Waals surface area contributed by atoms with Crippen molar-refractivity contribution >= 4 is 11.6 Å². The Bertz CT molecular complexity index is 368. The minimum Gasteiger partial charge on any atom is -0.495 e. The van der Waals surface area contributed by atoms with Crippen molar-refractivity contribution in [3.63, 3.8) is 0 Å². The van der Waals surface area contributed by atoms with Crippen LogP contribution in [0.1, 0.15) is 57.6 Å². The van der Waals surface area contributed by atoms with Gasteiger partial charge in [0.1, 0.15) is 5.75 Å². The minimum atomic E-state index is 0.394. The number of rotatable bonds is 9. The largest absolute Gasteiger partial charge is 0.495 e. The first kappa shape index (κ1) is 16.3. The van der Waals surface area contributed by atoms with Crippen LogP contribution in [-0.2, 0) is 0 Å². The molecule has 0 radical (unpaired) electrons. The normalized spacial score (nSPS) is 12.4. The van der Waals surface area contributed by atoms with Gasteiger partial charge in [0.15, 0.2) is 0 Å². The van der Waals surface area contributed by atoms with Gasteiger partial charge < -0.3 is 10.1 Å². The van der Waals surface area contributed by atoms with Crippen LogP contribution in [0.5, 0.6) is 5.75 Å². The first-order valence-corrected chi connectivity index (χ1v) is 7.67. The second kappa shape index (κ2) is 9.22. The smallest absolute Gasteiger partial charge is 0.137 e. The van der Waals surface area contributed by atoms with Gasteiger partial charge in [0.2, 0.25) is 0 Å². The number of hydrogen-bond acceptors (Lipinski definition) is 2. The molecule has 2 nitrogen and oxygen atoms in total. The van der Waals surface area contributed by atoms with E-state index >= 15 is 0 Å². The molecule has 1 N–H and O–H groups in total. The molecule has 0 fully saturated rings. The molecule has 1 unspecified atom stereocenters. The van der Waals surface area contributed by atoms with Gasteiger partial charge in [0, 0.05) is 6.04 Å². The summed E-state index contributed by atoms with van der Waals surface area (Å²) in [6.07, 6.45) is 6.33. The molecule has 19 heavy (non-hydrogen) atoms. The van der Waals surface area contributed by atoms with Gasteiger partial charge in [-0.05, 0) is 30.7 Å². The maximum atomic E-state index is 6.20. The molecule has 0 bridgehead atoms. The third kappa shape index (κ3) is 5.42. The van der Waals surface area contributed by atoms with Crippen LogP contribution in [0, 0.1) is 0 Å². The predicted octanol–water partition coefficient (Wildman–Crippen LogP) is 4.97. The Balaban J connectivity index is 2.66. The highest BCUT2D eigenvalue weighted by Gasteiger charge is 2.12. The van der Waals surface area contributed by atoms with Crippen molar-refractivity contribution < 1.29 is 4.74 Å². The van der Waals surface area contributed by atoms with Crippen molar-refractivity contribution in [1.82, 2.24) is 5.32 Å². The maximum Gasteiger partial charge on any atom is 0.137 e. The molecule has 1 aromatic carbocycles. The molecule has 108 valence electrons. The first-order valence-electron chi connectivity index (χ1n) is 7.29. The van der Waals surface area contributed by atoms with Crippen LogP contribution in [0.4, 0.5) is 0 Å². The van der Waals surface area contributed by atoms with Gasteiger partial charge in [-0.3, -0.25) is 0 Å². The zero-order chi connectivity index (χ0) is 14.1. The average Bonchev–Trinajstić information content (AvgIpc) is 2.42. The van der Waals surface area contributed by atoms with Crippen molar-refractivity contribution in [2.75, 3.05) is 13.7 Å². The van der Waals surface area contributed by atoms with Crippen molar-refractivity contribution in [2.45, 2.75) is 52.0 Å². The molecule has 0 heterocycles. The molecule has 1 atom stereocenters. The number of nitrogens with one attached hydrogen (secondary N) is 1. The minimum absolute atomic E-state index is 0.394. The van der Waals surface area contributed by atoms with Crippen molar-refractivity contribution in [1.29, 1.82) is 0 Å². The fourth-order valence-electron chi connectivity index (χ4n) is 2.31. The van der Waals surface area contributed by atoms with E-state index in [4.69, 9.17) is 16.3 Å². The average molecular weight is 284 g/mol. The van der Waals surface area contributed by atoms with Crippen LogP contribution in [-0.4, -0.2) is 13.7 Å². The highest BCUT2D eigenvalue weighted by Crippen LogP contribution is 2.29. The van der Waals surface area contributed by atoms with Gasteiger partial charge in [-0.15, -0.1) is 0 Å². The summed E-state index contributed by atoms with van der Waals surface area (Å²) in [6, 6.07) is 6.48. The summed E-state index contributed by atoms with van der Waals surface area (Å²) < 4.78 is 5.20. The summed E-state index contributed by atoms with van der Waals surface area (Å²) >= 11 is 6.20. The summed E-state index contributed by atoms with van der Waals surface area (Å²) in [7, 11) is 1.65. The van der Waals surface area contributed by atoms with E-state index in [-0.39, 0.29) is 0 Å². The van der Waals surface area contributed by atoms with Crippen molar-refractivity contribution in [2.24, 2.45) is 0 Å². The number of halogens is 1.